The highest BCUT2D eigenvalue weighted by atomic mass is 16.5. The number of imidazole rings is 1. The van der Waals surface area contributed by atoms with Crippen molar-refractivity contribution in [1.82, 2.24) is 29.5 Å². The lowest BCUT2D eigenvalue weighted by atomic mass is 10.2. The Balaban J connectivity index is 1.89. The lowest BCUT2D eigenvalue weighted by Crippen LogP contribution is -2.37. The van der Waals surface area contributed by atoms with Crippen LogP contribution in [-0.2, 0) is 11.3 Å². The summed E-state index contributed by atoms with van der Waals surface area (Å²) in [7, 11) is 0. The fourth-order valence-corrected chi connectivity index (χ4v) is 2.66. The van der Waals surface area contributed by atoms with Crippen molar-refractivity contribution >= 4 is 23.1 Å². The number of hydrogen-bond acceptors (Lipinski definition) is 8. The Morgan fingerprint density at radius 3 is 2.58 bits per heavy atom. The number of anilines is 2. The third kappa shape index (κ3) is 2.52. The summed E-state index contributed by atoms with van der Waals surface area (Å²) in [5.41, 5.74) is 8.47. The summed E-state index contributed by atoms with van der Waals surface area (Å²) in [6.07, 6.45) is 5.02. The average molecular weight is 325 g/mol. The highest BCUT2D eigenvalue weighted by Gasteiger charge is 2.20. The first kappa shape index (κ1) is 14.8. The minimum Gasteiger partial charge on any atom is -0.378 e. The molecule has 0 aliphatic carbocycles. The molecule has 4 heterocycles. The molecular weight excluding hydrogens is 308 g/mol. The van der Waals surface area contributed by atoms with E-state index < -0.39 is 0 Å². The van der Waals surface area contributed by atoms with E-state index in [0.717, 1.165) is 24.3 Å². The number of aromatic nitrogens is 6. The molecule has 3 aromatic rings. The number of rotatable bonds is 3. The van der Waals surface area contributed by atoms with Gasteiger partial charge in [0.1, 0.15) is 11.2 Å². The van der Waals surface area contributed by atoms with Gasteiger partial charge in [0, 0.05) is 37.6 Å². The third-order valence-corrected chi connectivity index (χ3v) is 3.93. The molecule has 0 bridgehead atoms. The van der Waals surface area contributed by atoms with Crippen LogP contribution in [0.2, 0.25) is 0 Å². The van der Waals surface area contributed by atoms with Crippen LogP contribution >= 0.6 is 0 Å². The second-order valence-electron chi connectivity index (χ2n) is 5.41. The predicted octanol–water partition coefficient (Wildman–Crippen LogP) is 0.536. The molecule has 1 fully saturated rings. The van der Waals surface area contributed by atoms with E-state index >= 15 is 0 Å². The minimum absolute atomic E-state index is 0.223. The number of fused-ring (bicyclic) bond motifs is 1. The summed E-state index contributed by atoms with van der Waals surface area (Å²) in [5, 5.41) is 0. The van der Waals surface area contributed by atoms with E-state index in [9.17, 15) is 0 Å². The first-order valence-corrected chi connectivity index (χ1v) is 7.69. The highest BCUT2D eigenvalue weighted by molar-refractivity contribution is 5.88. The van der Waals surface area contributed by atoms with Crippen molar-refractivity contribution in [2.24, 2.45) is 0 Å². The summed E-state index contributed by atoms with van der Waals surface area (Å²) in [4.78, 5) is 24.1. The molecule has 0 unspecified atom stereocenters. The maximum atomic E-state index is 5.58. The SMILES string of the molecule is [CH2]Cn1cnc2c(-c3cnc(N)nc3)nc(N3CCOCC3)nc21. The fourth-order valence-electron chi connectivity index (χ4n) is 2.66. The van der Waals surface area contributed by atoms with Crippen LogP contribution in [0.4, 0.5) is 11.9 Å². The van der Waals surface area contributed by atoms with Crippen LogP contribution in [0.5, 0.6) is 0 Å². The Kier molecular flexibility index (Phi) is 3.69. The zero-order chi connectivity index (χ0) is 16.5. The monoisotopic (exact) mass is 325 g/mol. The lowest BCUT2D eigenvalue weighted by molar-refractivity contribution is 0.122. The van der Waals surface area contributed by atoms with Gasteiger partial charge in [-0.05, 0) is 6.92 Å². The van der Waals surface area contributed by atoms with E-state index in [-0.39, 0.29) is 5.95 Å². The Morgan fingerprint density at radius 1 is 1.12 bits per heavy atom. The van der Waals surface area contributed by atoms with E-state index in [1.807, 2.05) is 4.57 Å². The van der Waals surface area contributed by atoms with E-state index in [4.69, 9.17) is 15.5 Å². The van der Waals surface area contributed by atoms with Gasteiger partial charge >= 0.3 is 0 Å². The molecule has 0 amide bonds. The van der Waals surface area contributed by atoms with E-state index in [1.165, 1.54) is 0 Å². The van der Waals surface area contributed by atoms with Crippen molar-refractivity contribution in [3.8, 4) is 11.3 Å². The molecule has 4 rings (SSSR count). The number of ether oxygens (including phenoxy) is 1. The van der Waals surface area contributed by atoms with Crippen molar-refractivity contribution in [1.29, 1.82) is 0 Å². The van der Waals surface area contributed by atoms with Crippen LogP contribution in [0.15, 0.2) is 18.7 Å². The Bertz CT molecular complexity index is 854. The Morgan fingerprint density at radius 2 is 1.88 bits per heavy atom. The first-order chi connectivity index (χ1) is 11.8. The van der Waals surface area contributed by atoms with Gasteiger partial charge in [0.05, 0.1) is 19.5 Å². The summed E-state index contributed by atoms with van der Waals surface area (Å²) >= 11 is 0. The Hall–Kier alpha value is -2.81. The van der Waals surface area contributed by atoms with Crippen LogP contribution in [0.1, 0.15) is 0 Å². The fraction of sp³-hybridized carbons (Fsp3) is 0.333. The quantitative estimate of drug-likeness (QED) is 0.743. The van der Waals surface area contributed by atoms with E-state index in [1.54, 1.807) is 18.7 Å². The second-order valence-corrected chi connectivity index (χ2v) is 5.41. The number of nitrogens with two attached hydrogens (primary N) is 1. The van der Waals surface area contributed by atoms with E-state index in [0.29, 0.717) is 36.9 Å². The van der Waals surface area contributed by atoms with E-state index in [2.05, 4.69) is 31.8 Å². The lowest BCUT2D eigenvalue weighted by Gasteiger charge is -2.27. The van der Waals surface area contributed by atoms with Gasteiger partial charge in [-0.25, -0.2) is 19.9 Å². The third-order valence-electron chi connectivity index (χ3n) is 3.93. The van der Waals surface area contributed by atoms with Crippen LogP contribution in [0.3, 0.4) is 0 Å². The van der Waals surface area contributed by atoms with Crippen molar-refractivity contribution in [3.05, 3.63) is 25.6 Å². The molecule has 1 saturated heterocycles. The Labute approximate surface area is 138 Å². The number of nitrogen functional groups attached to an aromatic ring is 1. The maximum absolute atomic E-state index is 5.58. The summed E-state index contributed by atoms with van der Waals surface area (Å²) in [5.74, 6) is 0.869. The smallest absolute Gasteiger partial charge is 0.228 e. The molecule has 0 saturated carbocycles. The van der Waals surface area contributed by atoms with Crippen molar-refractivity contribution in [2.75, 3.05) is 36.9 Å². The van der Waals surface area contributed by atoms with Crippen LogP contribution in [0, 0.1) is 6.92 Å². The average Bonchev–Trinajstić information content (AvgIpc) is 3.05. The van der Waals surface area contributed by atoms with Crippen LogP contribution < -0.4 is 10.6 Å². The summed E-state index contributed by atoms with van der Waals surface area (Å²) < 4.78 is 7.30. The van der Waals surface area contributed by atoms with Gasteiger partial charge in [0.25, 0.3) is 0 Å². The molecule has 24 heavy (non-hydrogen) atoms. The van der Waals surface area contributed by atoms with Gasteiger partial charge < -0.3 is 19.9 Å². The summed E-state index contributed by atoms with van der Waals surface area (Å²) in [6.45, 7) is 7.29. The van der Waals surface area contributed by atoms with Gasteiger partial charge in [-0.2, -0.15) is 4.98 Å². The molecule has 0 spiro atoms. The summed E-state index contributed by atoms with van der Waals surface area (Å²) in [6, 6.07) is 0. The van der Waals surface area contributed by atoms with Gasteiger partial charge in [0.15, 0.2) is 5.65 Å². The topological polar surface area (TPSA) is 108 Å². The largest absolute Gasteiger partial charge is 0.378 e. The molecule has 1 aliphatic rings. The first-order valence-electron chi connectivity index (χ1n) is 7.69. The number of morpholine rings is 1. The second kappa shape index (κ2) is 6.00. The minimum atomic E-state index is 0.223. The maximum Gasteiger partial charge on any atom is 0.228 e. The number of hydrogen-bond donors (Lipinski definition) is 1. The van der Waals surface area contributed by atoms with Crippen LogP contribution in [0.25, 0.3) is 22.4 Å². The molecule has 9 heteroatoms. The van der Waals surface area contributed by atoms with Crippen LogP contribution in [-0.4, -0.2) is 55.8 Å². The van der Waals surface area contributed by atoms with Crippen molar-refractivity contribution in [3.63, 3.8) is 0 Å². The van der Waals surface area contributed by atoms with Crippen molar-refractivity contribution < 1.29 is 4.74 Å². The normalized spacial score (nSPS) is 15.1. The predicted molar refractivity (Wildman–Crippen MR) is 89.2 cm³/mol. The molecule has 1 aliphatic heterocycles. The highest BCUT2D eigenvalue weighted by Crippen LogP contribution is 2.27. The molecule has 9 nitrogen and oxygen atoms in total. The molecule has 1 radical (unpaired) electrons. The van der Waals surface area contributed by atoms with Crippen molar-refractivity contribution in [2.45, 2.75) is 6.54 Å². The van der Waals surface area contributed by atoms with Gasteiger partial charge in [-0.1, -0.05) is 0 Å². The molecule has 0 atom stereocenters. The molecule has 123 valence electrons. The standard InChI is InChI=1S/C15H17N8O/c1-2-22-9-19-12-11(10-7-17-14(16)18-8-10)20-15(21-13(12)22)23-3-5-24-6-4-23/h7-9H,1-6H2,(H2,16,17,18). The van der Waals surface area contributed by atoms with Gasteiger partial charge in [0.2, 0.25) is 11.9 Å². The molecular formula is C15H17N8O. The zero-order valence-corrected chi connectivity index (χ0v) is 13.1. The van der Waals surface area contributed by atoms with Gasteiger partial charge in [-0.15, -0.1) is 0 Å². The van der Waals surface area contributed by atoms with Gasteiger partial charge in [-0.3, -0.25) is 0 Å². The molecule has 2 N–H and O–H groups in total. The number of nitrogens with zero attached hydrogens (tertiary/aromatic N) is 7. The molecule has 3 aromatic heterocycles. The zero-order valence-electron chi connectivity index (χ0n) is 13.1. The molecule has 0 aromatic carbocycles.